The van der Waals surface area contributed by atoms with Gasteiger partial charge < -0.3 is 9.32 Å². The Hall–Kier alpha value is -2.60. The average Bonchev–Trinajstić information content (AvgIpc) is 3.18. The van der Waals surface area contributed by atoms with Gasteiger partial charge in [-0.1, -0.05) is 36.4 Å². The zero-order valence-electron chi connectivity index (χ0n) is 16.7. The molecule has 1 atom stereocenters. The molecule has 28 heavy (non-hydrogen) atoms. The first-order valence-corrected chi connectivity index (χ1v) is 10.3. The van der Waals surface area contributed by atoms with Gasteiger partial charge in [0.1, 0.15) is 5.25 Å². The van der Waals surface area contributed by atoms with Crippen molar-refractivity contribution in [2.45, 2.75) is 38.2 Å². The van der Waals surface area contributed by atoms with Crippen molar-refractivity contribution in [2.24, 2.45) is 0 Å². The summed E-state index contributed by atoms with van der Waals surface area (Å²) in [5.74, 6) is 0.514. The molecule has 6 heteroatoms. The molecule has 0 spiro atoms. The van der Waals surface area contributed by atoms with E-state index in [1.165, 1.54) is 22.9 Å². The van der Waals surface area contributed by atoms with Gasteiger partial charge in [-0.2, -0.15) is 0 Å². The lowest BCUT2D eigenvalue weighted by atomic mass is 10.1. The van der Waals surface area contributed by atoms with Gasteiger partial charge >= 0.3 is 0 Å². The smallest absolute Gasteiger partial charge is 0.277 e. The first-order valence-electron chi connectivity index (χ1n) is 9.45. The normalized spacial score (nSPS) is 12.0. The molecule has 2 aromatic carbocycles. The van der Waals surface area contributed by atoms with Crippen LogP contribution in [0.2, 0.25) is 0 Å². The zero-order chi connectivity index (χ0) is 20.1. The third kappa shape index (κ3) is 4.44. The highest BCUT2D eigenvalue weighted by molar-refractivity contribution is 8.00. The van der Waals surface area contributed by atoms with Crippen molar-refractivity contribution in [1.82, 2.24) is 15.1 Å². The maximum Gasteiger partial charge on any atom is 0.277 e. The van der Waals surface area contributed by atoms with E-state index in [2.05, 4.69) is 24.0 Å². The van der Waals surface area contributed by atoms with Crippen LogP contribution in [0.3, 0.4) is 0 Å². The molecule has 0 saturated heterocycles. The summed E-state index contributed by atoms with van der Waals surface area (Å²) in [6.45, 7) is 9.42. The van der Waals surface area contributed by atoms with Crippen LogP contribution in [0, 0.1) is 13.8 Å². The topological polar surface area (TPSA) is 59.2 Å². The Morgan fingerprint density at radius 1 is 1.04 bits per heavy atom. The molecule has 0 aliphatic rings. The van der Waals surface area contributed by atoms with Crippen molar-refractivity contribution in [3.05, 3.63) is 65.2 Å². The zero-order valence-corrected chi connectivity index (χ0v) is 17.5. The fraction of sp³-hybridized carbons (Fsp3) is 0.318. The van der Waals surface area contributed by atoms with Gasteiger partial charge in [-0.05, 0) is 68.3 Å². The van der Waals surface area contributed by atoms with Crippen LogP contribution in [0.15, 0.2) is 58.2 Å². The van der Waals surface area contributed by atoms with Gasteiger partial charge in [-0.3, -0.25) is 4.79 Å². The summed E-state index contributed by atoms with van der Waals surface area (Å²) in [6, 6.07) is 15.8. The van der Waals surface area contributed by atoms with Crippen molar-refractivity contribution in [3.8, 4) is 11.5 Å². The standard InChI is InChI=1S/C22H25N3O2S/c1-5-25(6-2)21(26)19(17-10-8-7-9-11-17)28-22-24-23-20(27-22)18-13-12-15(3)16(4)14-18/h7-14,19H,5-6H2,1-4H3/t19-/m0/s1. The van der Waals surface area contributed by atoms with Gasteiger partial charge in [-0.25, -0.2) is 0 Å². The minimum atomic E-state index is -0.422. The summed E-state index contributed by atoms with van der Waals surface area (Å²) in [5, 5.41) is 8.33. The fourth-order valence-corrected chi connectivity index (χ4v) is 3.90. The molecule has 3 aromatic rings. The van der Waals surface area contributed by atoms with Crippen molar-refractivity contribution in [2.75, 3.05) is 13.1 Å². The minimum absolute atomic E-state index is 0.0483. The van der Waals surface area contributed by atoms with Gasteiger partial charge in [0.25, 0.3) is 5.22 Å². The van der Waals surface area contributed by atoms with Crippen molar-refractivity contribution >= 4 is 17.7 Å². The maximum absolute atomic E-state index is 13.1. The Labute approximate surface area is 170 Å². The van der Waals surface area contributed by atoms with Gasteiger partial charge in [0.15, 0.2) is 0 Å². The van der Waals surface area contributed by atoms with Crippen LogP contribution in [0.4, 0.5) is 0 Å². The number of carbonyl (C=O) groups excluding carboxylic acids is 1. The molecule has 0 aliphatic carbocycles. The van der Waals surface area contributed by atoms with E-state index < -0.39 is 5.25 Å². The summed E-state index contributed by atoms with van der Waals surface area (Å²) < 4.78 is 5.88. The number of benzene rings is 2. The van der Waals surface area contributed by atoms with E-state index in [0.29, 0.717) is 24.2 Å². The molecular formula is C22H25N3O2S. The molecule has 0 aliphatic heterocycles. The molecule has 1 amide bonds. The van der Waals surface area contributed by atoms with Crippen molar-refractivity contribution in [1.29, 1.82) is 0 Å². The monoisotopic (exact) mass is 395 g/mol. The summed E-state index contributed by atoms with van der Waals surface area (Å²) in [4.78, 5) is 14.9. The van der Waals surface area contributed by atoms with Crippen LogP contribution in [0.25, 0.3) is 11.5 Å². The van der Waals surface area contributed by atoms with E-state index in [1.54, 1.807) is 0 Å². The summed E-state index contributed by atoms with van der Waals surface area (Å²) in [5.41, 5.74) is 4.19. The Morgan fingerprint density at radius 3 is 2.39 bits per heavy atom. The summed E-state index contributed by atoms with van der Waals surface area (Å²) in [7, 11) is 0. The second-order valence-corrected chi connectivity index (χ2v) is 7.65. The number of hydrogen-bond donors (Lipinski definition) is 0. The molecule has 0 N–H and O–H groups in total. The highest BCUT2D eigenvalue weighted by atomic mass is 32.2. The molecule has 0 bridgehead atoms. The van der Waals surface area contributed by atoms with Crippen LogP contribution >= 0.6 is 11.8 Å². The molecule has 0 saturated carbocycles. The summed E-state index contributed by atoms with van der Waals surface area (Å²) in [6.07, 6.45) is 0. The number of thioether (sulfide) groups is 1. The fourth-order valence-electron chi connectivity index (χ4n) is 2.94. The number of aromatic nitrogens is 2. The second-order valence-electron chi connectivity index (χ2n) is 6.59. The van der Waals surface area contributed by atoms with Gasteiger partial charge in [0.2, 0.25) is 11.8 Å². The highest BCUT2D eigenvalue weighted by Gasteiger charge is 2.28. The molecule has 146 valence electrons. The van der Waals surface area contributed by atoms with Gasteiger partial charge in [0, 0.05) is 18.7 Å². The second kappa shape index (κ2) is 9.06. The lowest BCUT2D eigenvalue weighted by Gasteiger charge is -2.24. The number of rotatable bonds is 7. The van der Waals surface area contributed by atoms with Crippen molar-refractivity contribution < 1.29 is 9.21 Å². The van der Waals surface area contributed by atoms with Crippen molar-refractivity contribution in [3.63, 3.8) is 0 Å². The molecule has 5 nitrogen and oxygen atoms in total. The SMILES string of the molecule is CCN(CC)C(=O)[C@@H](Sc1nnc(-c2ccc(C)c(C)c2)o1)c1ccccc1. The predicted molar refractivity (Wildman–Crippen MR) is 112 cm³/mol. The first-order chi connectivity index (χ1) is 13.5. The Morgan fingerprint density at radius 2 is 1.75 bits per heavy atom. The van der Waals surface area contributed by atoms with Crippen LogP contribution in [0.5, 0.6) is 0 Å². The number of amides is 1. The quantitative estimate of drug-likeness (QED) is 0.524. The van der Waals surface area contributed by atoms with Crippen LogP contribution in [-0.4, -0.2) is 34.1 Å². The number of aryl methyl sites for hydroxylation is 2. The van der Waals surface area contributed by atoms with E-state index in [1.807, 2.05) is 67.3 Å². The Balaban J connectivity index is 1.88. The number of carbonyl (C=O) groups is 1. The first kappa shape index (κ1) is 20.1. The third-order valence-electron chi connectivity index (χ3n) is 4.78. The molecule has 0 radical (unpaired) electrons. The number of hydrogen-bond acceptors (Lipinski definition) is 5. The maximum atomic E-state index is 13.1. The Kier molecular flexibility index (Phi) is 6.52. The van der Waals surface area contributed by atoms with E-state index in [4.69, 9.17) is 4.42 Å². The molecular weight excluding hydrogens is 370 g/mol. The van der Waals surface area contributed by atoms with Crippen LogP contribution in [-0.2, 0) is 4.79 Å². The van der Waals surface area contributed by atoms with Gasteiger partial charge in [0.05, 0.1) is 0 Å². The molecule has 1 aromatic heterocycles. The average molecular weight is 396 g/mol. The molecule has 0 fully saturated rings. The van der Waals surface area contributed by atoms with Gasteiger partial charge in [-0.15, -0.1) is 10.2 Å². The largest absolute Gasteiger partial charge is 0.411 e. The minimum Gasteiger partial charge on any atom is -0.411 e. The third-order valence-corrected chi connectivity index (χ3v) is 5.86. The summed E-state index contributed by atoms with van der Waals surface area (Å²) >= 11 is 1.30. The number of likely N-dealkylation sites (N-methyl/N-ethyl adjacent to an activating group) is 1. The lowest BCUT2D eigenvalue weighted by molar-refractivity contribution is -0.130. The lowest BCUT2D eigenvalue weighted by Crippen LogP contribution is -2.33. The highest BCUT2D eigenvalue weighted by Crippen LogP contribution is 2.37. The molecule has 1 heterocycles. The predicted octanol–water partition coefficient (Wildman–Crippen LogP) is 5.06. The molecule has 3 rings (SSSR count). The van der Waals surface area contributed by atoms with E-state index in [0.717, 1.165) is 11.1 Å². The van der Waals surface area contributed by atoms with E-state index in [-0.39, 0.29) is 5.91 Å². The molecule has 0 unspecified atom stereocenters. The van der Waals surface area contributed by atoms with E-state index >= 15 is 0 Å². The van der Waals surface area contributed by atoms with E-state index in [9.17, 15) is 4.79 Å². The van der Waals surface area contributed by atoms with Crippen LogP contribution in [0.1, 0.15) is 35.8 Å². The number of nitrogens with zero attached hydrogens (tertiary/aromatic N) is 3. The van der Waals surface area contributed by atoms with Crippen LogP contribution < -0.4 is 0 Å². The Bertz CT molecular complexity index is 936.